The van der Waals surface area contributed by atoms with E-state index in [-0.39, 0.29) is 25.3 Å². The number of esters is 1. The van der Waals surface area contributed by atoms with Gasteiger partial charge >= 0.3 is 5.97 Å². The molecule has 4 atom stereocenters. The van der Waals surface area contributed by atoms with Gasteiger partial charge in [-0.3, -0.25) is 28.8 Å². The maximum atomic E-state index is 13.4. The molecule has 13 nitrogen and oxygen atoms in total. The summed E-state index contributed by atoms with van der Waals surface area (Å²) in [6, 6.07) is 20.1. The van der Waals surface area contributed by atoms with Gasteiger partial charge in [0.1, 0.15) is 36.5 Å². The van der Waals surface area contributed by atoms with Crippen LogP contribution in [-0.2, 0) is 53.0 Å². The van der Waals surface area contributed by atoms with Gasteiger partial charge in [0, 0.05) is 19.9 Å². The lowest BCUT2D eigenvalue weighted by atomic mass is 10.0. The Bertz CT molecular complexity index is 1620. The summed E-state index contributed by atoms with van der Waals surface area (Å²) in [5, 5.41) is 22.7. The molecule has 0 fully saturated rings. The van der Waals surface area contributed by atoms with E-state index in [2.05, 4.69) is 26.6 Å². The highest BCUT2D eigenvalue weighted by Crippen LogP contribution is 2.13. The Balaban J connectivity index is 1.65. The molecule has 0 bridgehead atoms. The molecule has 272 valence electrons. The number of hydrogen-bond acceptors (Lipinski definition) is 8. The molecule has 5 amide bonds. The largest absolute Gasteiger partial charge is 0.508 e. The van der Waals surface area contributed by atoms with E-state index in [0.717, 1.165) is 11.1 Å². The fraction of sp³-hybridized carbons (Fsp3) is 0.368. The molecule has 3 aromatic carbocycles. The maximum absolute atomic E-state index is 13.4. The number of phenolic OH excluding ortho intramolecular Hbond substituents is 1. The molecule has 0 radical (unpaired) electrons. The fourth-order valence-electron chi connectivity index (χ4n) is 5.05. The lowest BCUT2D eigenvalue weighted by Crippen LogP contribution is -2.59. The molecule has 51 heavy (non-hydrogen) atoms. The Morgan fingerprint density at radius 1 is 0.647 bits per heavy atom. The second kappa shape index (κ2) is 20.1. The highest BCUT2D eigenvalue weighted by molar-refractivity contribution is 5.96. The minimum absolute atomic E-state index is 0.0114. The molecule has 0 saturated carbocycles. The molecule has 3 aromatic rings. The second-order valence-electron chi connectivity index (χ2n) is 12.5. The summed E-state index contributed by atoms with van der Waals surface area (Å²) in [7, 11) is 0. The van der Waals surface area contributed by atoms with Gasteiger partial charge in [-0.05, 0) is 48.1 Å². The van der Waals surface area contributed by atoms with Gasteiger partial charge in [0.25, 0.3) is 0 Å². The van der Waals surface area contributed by atoms with Crippen molar-refractivity contribution in [2.24, 2.45) is 5.92 Å². The lowest BCUT2D eigenvalue weighted by molar-refractivity contribution is -0.147. The summed E-state index contributed by atoms with van der Waals surface area (Å²) in [4.78, 5) is 77.9. The molecular formula is C38H47N5O8. The molecule has 0 aliphatic rings. The Hall–Kier alpha value is -5.72. The van der Waals surface area contributed by atoms with E-state index in [1.54, 1.807) is 50.2 Å². The van der Waals surface area contributed by atoms with E-state index in [9.17, 15) is 33.9 Å². The highest BCUT2D eigenvalue weighted by atomic mass is 16.5. The second-order valence-corrected chi connectivity index (χ2v) is 12.5. The van der Waals surface area contributed by atoms with Crippen LogP contribution in [0.2, 0.25) is 0 Å². The summed E-state index contributed by atoms with van der Waals surface area (Å²) in [5.74, 6) is -4.15. The van der Waals surface area contributed by atoms with Gasteiger partial charge in [-0.1, -0.05) is 86.6 Å². The number of hydrogen-bond donors (Lipinski definition) is 6. The number of aromatic hydroxyl groups is 1. The van der Waals surface area contributed by atoms with Crippen LogP contribution in [0.4, 0.5) is 0 Å². The van der Waals surface area contributed by atoms with Gasteiger partial charge in [0.2, 0.25) is 29.5 Å². The summed E-state index contributed by atoms with van der Waals surface area (Å²) < 4.78 is 5.35. The van der Waals surface area contributed by atoms with Gasteiger partial charge < -0.3 is 36.4 Å². The smallest absolute Gasteiger partial charge is 0.308 e. The van der Waals surface area contributed by atoms with Crippen LogP contribution in [0.5, 0.6) is 5.75 Å². The zero-order chi connectivity index (χ0) is 37.3. The predicted molar refractivity (Wildman–Crippen MR) is 190 cm³/mol. The van der Waals surface area contributed by atoms with Crippen LogP contribution in [0.25, 0.3) is 0 Å². The number of benzene rings is 3. The summed E-state index contributed by atoms with van der Waals surface area (Å²) >= 11 is 0. The minimum Gasteiger partial charge on any atom is -0.508 e. The van der Waals surface area contributed by atoms with E-state index in [1.807, 2.05) is 36.4 Å². The number of rotatable bonds is 18. The standard InChI is InChI=1S/C38H47N5O8/c1-24(2)34(43-37(49)31(41-26(4)44)21-28-15-17-30(45)18-16-28)38(50)40-25(3)35(47)42-32(22-33(46)51-23-29-13-9-6-10-14-29)36(48)39-20-19-27-11-7-5-8-12-27/h5-18,24-25,31-32,34,45H,19-23H2,1-4H3,(H,39,48)(H,40,50)(H,41,44)(H,42,47)(H,43,49)/t25-,31-,32-,34-/m0/s1. The van der Waals surface area contributed by atoms with E-state index >= 15 is 0 Å². The first-order valence-electron chi connectivity index (χ1n) is 16.8. The van der Waals surface area contributed by atoms with Crippen molar-refractivity contribution >= 4 is 35.5 Å². The summed E-state index contributed by atoms with van der Waals surface area (Å²) in [5.41, 5.74) is 2.42. The molecule has 3 rings (SSSR count). The van der Waals surface area contributed by atoms with Crippen molar-refractivity contribution in [3.8, 4) is 5.75 Å². The van der Waals surface area contributed by atoms with Crippen molar-refractivity contribution in [1.29, 1.82) is 0 Å². The topological polar surface area (TPSA) is 192 Å². The molecule has 0 aliphatic heterocycles. The Labute approximate surface area is 297 Å². The van der Waals surface area contributed by atoms with Gasteiger partial charge in [0.05, 0.1) is 6.42 Å². The third-order valence-corrected chi connectivity index (χ3v) is 7.87. The highest BCUT2D eigenvalue weighted by Gasteiger charge is 2.32. The summed E-state index contributed by atoms with van der Waals surface area (Å²) in [6.07, 6.45) is 0.171. The molecular weight excluding hydrogens is 654 g/mol. The minimum atomic E-state index is -1.30. The maximum Gasteiger partial charge on any atom is 0.308 e. The number of carbonyl (C=O) groups is 6. The third-order valence-electron chi connectivity index (χ3n) is 7.87. The van der Waals surface area contributed by atoms with Crippen molar-refractivity contribution < 1.29 is 38.6 Å². The van der Waals surface area contributed by atoms with Crippen LogP contribution in [-0.4, -0.2) is 71.3 Å². The number of phenols is 1. The Morgan fingerprint density at radius 2 is 1.25 bits per heavy atom. The molecule has 0 aliphatic carbocycles. The van der Waals surface area contributed by atoms with Gasteiger partial charge in [-0.25, -0.2) is 0 Å². The van der Waals surface area contributed by atoms with Crippen LogP contribution in [0.3, 0.4) is 0 Å². The number of amides is 5. The third kappa shape index (κ3) is 14.0. The van der Waals surface area contributed by atoms with Gasteiger partial charge in [-0.15, -0.1) is 0 Å². The first kappa shape index (κ1) is 39.7. The zero-order valence-electron chi connectivity index (χ0n) is 29.3. The van der Waals surface area contributed by atoms with Gasteiger partial charge in [-0.2, -0.15) is 0 Å². The lowest BCUT2D eigenvalue weighted by Gasteiger charge is -2.27. The van der Waals surface area contributed by atoms with Crippen molar-refractivity contribution in [1.82, 2.24) is 26.6 Å². The van der Waals surface area contributed by atoms with Crippen LogP contribution in [0.1, 0.15) is 50.8 Å². The van der Waals surface area contributed by atoms with Gasteiger partial charge in [0.15, 0.2) is 0 Å². The van der Waals surface area contributed by atoms with Crippen molar-refractivity contribution in [2.75, 3.05) is 6.54 Å². The predicted octanol–water partition coefficient (Wildman–Crippen LogP) is 2.06. The van der Waals surface area contributed by atoms with Crippen molar-refractivity contribution in [3.05, 3.63) is 102 Å². The zero-order valence-corrected chi connectivity index (χ0v) is 29.3. The first-order chi connectivity index (χ1) is 24.3. The average Bonchev–Trinajstić information content (AvgIpc) is 3.10. The summed E-state index contributed by atoms with van der Waals surface area (Å²) in [6.45, 7) is 6.34. The SMILES string of the molecule is CC(=O)N[C@@H](Cc1ccc(O)cc1)C(=O)N[C@H](C(=O)N[C@@H](C)C(=O)N[C@@H](CC(=O)OCc1ccccc1)C(=O)NCCc1ccccc1)C(C)C. The molecule has 0 unspecified atom stereocenters. The van der Waals surface area contributed by atoms with Crippen LogP contribution in [0.15, 0.2) is 84.9 Å². The van der Waals surface area contributed by atoms with Crippen LogP contribution in [0, 0.1) is 5.92 Å². The Morgan fingerprint density at radius 3 is 1.84 bits per heavy atom. The molecule has 0 spiro atoms. The fourth-order valence-corrected chi connectivity index (χ4v) is 5.05. The molecule has 0 heterocycles. The molecule has 13 heteroatoms. The van der Waals surface area contributed by atoms with Crippen LogP contribution < -0.4 is 26.6 Å². The molecule has 6 N–H and O–H groups in total. The number of ether oxygens (including phenoxy) is 1. The Kier molecular flexibility index (Phi) is 15.6. The number of nitrogens with one attached hydrogen (secondary N) is 5. The molecule has 0 saturated heterocycles. The first-order valence-corrected chi connectivity index (χ1v) is 16.8. The number of carbonyl (C=O) groups excluding carboxylic acids is 6. The quantitative estimate of drug-likeness (QED) is 0.109. The normalized spacial score (nSPS) is 13.1. The molecule has 0 aromatic heterocycles. The van der Waals surface area contributed by atoms with E-state index in [1.165, 1.54) is 26.0 Å². The van der Waals surface area contributed by atoms with Crippen molar-refractivity contribution in [2.45, 2.75) is 77.7 Å². The van der Waals surface area contributed by atoms with E-state index in [0.29, 0.717) is 12.0 Å². The van der Waals surface area contributed by atoms with Crippen LogP contribution >= 0.6 is 0 Å². The monoisotopic (exact) mass is 701 g/mol. The average molecular weight is 702 g/mol. The van der Waals surface area contributed by atoms with E-state index < -0.39 is 72.0 Å². The van der Waals surface area contributed by atoms with E-state index in [4.69, 9.17) is 4.74 Å². The van der Waals surface area contributed by atoms with Crippen molar-refractivity contribution in [3.63, 3.8) is 0 Å².